The number of aliphatic hydroxyl groups excluding tert-OH is 1. The molecule has 0 amide bonds. The van der Waals surface area contributed by atoms with E-state index in [0.717, 1.165) is 0 Å². The molecule has 1 aliphatic rings. The summed E-state index contributed by atoms with van der Waals surface area (Å²) in [4.78, 5) is 0. The first kappa shape index (κ1) is 12.0. The Balaban J connectivity index is 2.39. The fraction of sp³-hybridized carbons (Fsp3) is 1.00. The zero-order chi connectivity index (χ0) is 10.6. The first-order valence-electron chi connectivity index (χ1n) is 5.91. The minimum absolute atomic E-state index is 0.159. The van der Waals surface area contributed by atoms with Crippen LogP contribution in [0.1, 0.15) is 52.9 Å². The standard InChI is InChI=1S/C12H25NO/c1-12(2,3)11(9-14)13-10-7-5-4-6-8-10/h10-11,13-14H,4-9H2,1-3H3. The summed E-state index contributed by atoms with van der Waals surface area (Å²) in [5.41, 5.74) is 0.159. The molecule has 1 atom stereocenters. The Bertz CT molecular complexity index is 156. The number of aliphatic hydroxyl groups is 1. The summed E-state index contributed by atoms with van der Waals surface area (Å²) in [5, 5.41) is 12.9. The number of rotatable bonds is 3. The molecule has 0 bridgehead atoms. The van der Waals surface area contributed by atoms with E-state index in [1.54, 1.807) is 0 Å². The molecule has 1 unspecified atom stereocenters. The summed E-state index contributed by atoms with van der Waals surface area (Å²) < 4.78 is 0. The molecule has 2 nitrogen and oxygen atoms in total. The van der Waals surface area contributed by atoms with Crippen LogP contribution >= 0.6 is 0 Å². The van der Waals surface area contributed by atoms with Gasteiger partial charge < -0.3 is 10.4 Å². The number of nitrogens with one attached hydrogen (secondary N) is 1. The van der Waals surface area contributed by atoms with E-state index in [9.17, 15) is 5.11 Å². The van der Waals surface area contributed by atoms with Crippen molar-refractivity contribution in [1.82, 2.24) is 5.32 Å². The zero-order valence-corrected chi connectivity index (χ0v) is 9.84. The Hall–Kier alpha value is -0.0800. The third kappa shape index (κ3) is 3.58. The first-order valence-corrected chi connectivity index (χ1v) is 5.91. The maximum Gasteiger partial charge on any atom is 0.0589 e. The predicted molar refractivity (Wildman–Crippen MR) is 60.3 cm³/mol. The Morgan fingerprint density at radius 2 is 1.79 bits per heavy atom. The van der Waals surface area contributed by atoms with Gasteiger partial charge in [0, 0.05) is 12.1 Å². The molecule has 14 heavy (non-hydrogen) atoms. The Morgan fingerprint density at radius 3 is 2.21 bits per heavy atom. The van der Waals surface area contributed by atoms with Crippen LogP contribution < -0.4 is 5.32 Å². The maximum absolute atomic E-state index is 9.33. The van der Waals surface area contributed by atoms with Crippen LogP contribution in [-0.4, -0.2) is 23.8 Å². The average molecular weight is 199 g/mol. The summed E-state index contributed by atoms with van der Waals surface area (Å²) in [6.45, 7) is 6.80. The van der Waals surface area contributed by atoms with E-state index in [1.807, 2.05) is 0 Å². The summed E-state index contributed by atoms with van der Waals surface area (Å²) in [6, 6.07) is 0.880. The van der Waals surface area contributed by atoms with E-state index in [4.69, 9.17) is 0 Å². The molecule has 1 saturated carbocycles. The normalized spacial score (nSPS) is 22.3. The van der Waals surface area contributed by atoms with Crippen molar-refractivity contribution < 1.29 is 5.11 Å². The van der Waals surface area contributed by atoms with Crippen molar-refractivity contribution in [1.29, 1.82) is 0 Å². The SMILES string of the molecule is CC(C)(C)C(CO)NC1CCCCC1. The highest BCUT2D eigenvalue weighted by Crippen LogP contribution is 2.23. The maximum atomic E-state index is 9.33. The largest absolute Gasteiger partial charge is 0.395 e. The second-order valence-corrected chi connectivity index (χ2v) is 5.60. The molecule has 1 aliphatic carbocycles. The van der Waals surface area contributed by atoms with Crippen LogP contribution in [0.3, 0.4) is 0 Å². The Labute approximate surface area is 88.1 Å². The van der Waals surface area contributed by atoms with Crippen molar-refractivity contribution >= 4 is 0 Å². The minimum atomic E-state index is 0.159. The zero-order valence-electron chi connectivity index (χ0n) is 9.84. The van der Waals surface area contributed by atoms with Crippen LogP contribution in [0.2, 0.25) is 0 Å². The molecule has 2 N–H and O–H groups in total. The van der Waals surface area contributed by atoms with Gasteiger partial charge in [-0.2, -0.15) is 0 Å². The van der Waals surface area contributed by atoms with Gasteiger partial charge in [0.05, 0.1) is 6.61 Å². The minimum Gasteiger partial charge on any atom is -0.395 e. The molecule has 1 fully saturated rings. The van der Waals surface area contributed by atoms with Crippen molar-refractivity contribution in [3.05, 3.63) is 0 Å². The number of hydrogen-bond acceptors (Lipinski definition) is 2. The molecular formula is C12H25NO. The predicted octanol–water partition coefficient (Wildman–Crippen LogP) is 2.32. The topological polar surface area (TPSA) is 32.3 Å². The van der Waals surface area contributed by atoms with Crippen molar-refractivity contribution in [3.63, 3.8) is 0 Å². The van der Waals surface area contributed by atoms with Crippen molar-refractivity contribution in [2.24, 2.45) is 5.41 Å². The lowest BCUT2D eigenvalue weighted by atomic mass is 9.85. The van der Waals surface area contributed by atoms with Gasteiger partial charge in [-0.05, 0) is 18.3 Å². The molecule has 0 aromatic heterocycles. The van der Waals surface area contributed by atoms with Crippen LogP contribution in [0.5, 0.6) is 0 Å². The van der Waals surface area contributed by atoms with E-state index in [2.05, 4.69) is 26.1 Å². The van der Waals surface area contributed by atoms with Gasteiger partial charge in [0.15, 0.2) is 0 Å². The quantitative estimate of drug-likeness (QED) is 0.731. The smallest absolute Gasteiger partial charge is 0.0589 e. The van der Waals surface area contributed by atoms with Crippen molar-refractivity contribution in [3.8, 4) is 0 Å². The van der Waals surface area contributed by atoms with Crippen LogP contribution in [0.4, 0.5) is 0 Å². The van der Waals surface area contributed by atoms with Crippen LogP contribution in [-0.2, 0) is 0 Å². The van der Waals surface area contributed by atoms with E-state index >= 15 is 0 Å². The summed E-state index contributed by atoms with van der Waals surface area (Å²) >= 11 is 0. The van der Waals surface area contributed by atoms with E-state index in [1.165, 1.54) is 32.1 Å². The van der Waals surface area contributed by atoms with Gasteiger partial charge in [-0.1, -0.05) is 40.0 Å². The van der Waals surface area contributed by atoms with E-state index in [0.29, 0.717) is 6.04 Å². The summed E-state index contributed by atoms with van der Waals surface area (Å²) in [7, 11) is 0. The highest BCUT2D eigenvalue weighted by Gasteiger charge is 2.26. The van der Waals surface area contributed by atoms with Gasteiger partial charge >= 0.3 is 0 Å². The molecule has 0 radical (unpaired) electrons. The summed E-state index contributed by atoms with van der Waals surface area (Å²) in [5.74, 6) is 0. The lowest BCUT2D eigenvalue weighted by Gasteiger charge is -2.35. The molecule has 2 heteroatoms. The van der Waals surface area contributed by atoms with Crippen molar-refractivity contribution in [2.45, 2.75) is 65.0 Å². The molecule has 0 heterocycles. The molecule has 0 saturated heterocycles. The van der Waals surface area contributed by atoms with Gasteiger partial charge in [0.25, 0.3) is 0 Å². The second kappa shape index (κ2) is 5.13. The third-order valence-electron chi connectivity index (χ3n) is 3.27. The molecule has 84 valence electrons. The lowest BCUT2D eigenvalue weighted by molar-refractivity contribution is 0.140. The fourth-order valence-corrected chi connectivity index (χ4v) is 2.13. The summed E-state index contributed by atoms with van der Waals surface area (Å²) in [6.07, 6.45) is 6.65. The average Bonchev–Trinajstić information content (AvgIpc) is 2.14. The highest BCUT2D eigenvalue weighted by molar-refractivity contribution is 4.84. The first-order chi connectivity index (χ1) is 6.54. The van der Waals surface area contributed by atoms with E-state index < -0.39 is 0 Å². The van der Waals surface area contributed by atoms with Gasteiger partial charge in [-0.25, -0.2) is 0 Å². The molecule has 1 rings (SSSR count). The molecule has 0 spiro atoms. The number of hydrogen-bond donors (Lipinski definition) is 2. The second-order valence-electron chi connectivity index (χ2n) is 5.60. The molecule has 0 aromatic carbocycles. The van der Waals surface area contributed by atoms with Gasteiger partial charge in [-0.3, -0.25) is 0 Å². The van der Waals surface area contributed by atoms with Crippen LogP contribution in [0.15, 0.2) is 0 Å². The Morgan fingerprint density at radius 1 is 1.21 bits per heavy atom. The fourth-order valence-electron chi connectivity index (χ4n) is 2.13. The van der Waals surface area contributed by atoms with Gasteiger partial charge in [0.2, 0.25) is 0 Å². The van der Waals surface area contributed by atoms with Crippen molar-refractivity contribution in [2.75, 3.05) is 6.61 Å². The monoisotopic (exact) mass is 199 g/mol. The highest BCUT2D eigenvalue weighted by atomic mass is 16.3. The third-order valence-corrected chi connectivity index (χ3v) is 3.27. The van der Waals surface area contributed by atoms with Crippen LogP contribution in [0, 0.1) is 5.41 Å². The van der Waals surface area contributed by atoms with E-state index in [-0.39, 0.29) is 18.1 Å². The van der Waals surface area contributed by atoms with Crippen LogP contribution in [0.25, 0.3) is 0 Å². The Kier molecular flexibility index (Phi) is 4.39. The lowest BCUT2D eigenvalue weighted by Crippen LogP contribution is -2.48. The van der Waals surface area contributed by atoms with Gasteiger partial charge in [-0.15, -0.1) is 0 Å². The molecule has 0 aliphatic heterocycles. The van der Waals surface area contributed by atoms with Gasteiger partial charge in [0.1, 0.15) is 0 Å². The molecule has 0 aromatic rings. The molecular weight excluding hydrogens is 174 g/mol.